The molecule has 1 aliphatic rings. The number of nitrogens with zero attached hydrogens (tertiary/aromatic N) is 2. The highest BCUT2D eigenvalue weighted by Gasteiger charge is 2.33. The summed E-state index contributed by atoms with van der Waals surface area (Å²) in [5.74, 6) is 0.524. The van der Waals surface area contributed by atoms with Crippen molar-refractivity contribution in [3.63, 3.8) is 0 Å². The van der Waals surface area contributed by atoms with Gasteiger partial charge in [-0.15, -0.1) is 0 Å². The largest absolute Gasteiger partial charge is 0.453 e. The van der Waals surface area contributed by atoms with Crippen molar-refractivity contribution in [1.29, 1.82) is 0 Å². The van der Waals surface area contributed by atoms with E-state index >= 15 is 4.39 Å². The van der Waals surface area contributed by atoms with Crippen molar-refractivity contribution in [2.45, 2.75) is 78.4 Å². The van der Waals surface area contributed by atoms with Crippen molar-refractivity contribution in [3.8, 4) is 11.5 Å². The van der Waals surface area contributed by atoms with E-state index in [1.807, 2.05) is 4.57 Å². The van der Waals surface area contributed by atoms with Crippen molar-refractivity contribution in [2.24, 2.45) is 5.41 Å². The molecule has 3 aromatic rings. The highest BCUT2D eigenvalue weighted by molar-refractivity contribution is 6.76. The number of pyridine rings is 1. The van der Waals surface area contributed by atoms with Gasteiger partial charge in [0.25, 0.3) is 0 Å². The fourth-order valence-corrected chi connectivity index (χ4v) is 5.34. The van der Waals surface area contributed by atoms with Gasteiger partial charge in [0, 0.05) is 45.3 Å². The van der Waals surface area contributed by atoms with Crippen LogP contribution < -0.4 is 4.74 Å². The van der Waals surface area contributed by atoms with E-state index in [-0.39, 0.29) is 29.3 Å². The molecule has 0 aliphatic carbocycles. The van der Waals surface area contributed by atoms with Gasteiger partial charge in [0.05, 0.1) is 18.6 Å². The minimum absolute atomic E-state index is 0.0996. The van der Waals surface area contributed by atoms with E-state index in [2.05, 4.69) is 51.6 Å². The molecule has 4 rings (SSSR count). The van der Waals surface area contributed by atoms with Crippen LogP contribution >= 0.6 is 0 Å². The Morgan fingerprint density at radius 2 is 1.97 bits per heavy atom. The maximum absolute atomic E-state index is 15.1. The highest BCUT2D eigenvalue weighted by atomic mass is 28.3. The van der Waals surface area contributed by atoms with Crippen molar-refractivity contribution in [3.05, 3.63) is 53.6 Å². The van der Waals surface area contributed by atoms with Gasteiger partial charge in [-0.25, -0.2) is 9.37 Å². The second-order valence-corrected chi connectivity index (χ2v) is 18.1. The van der Waals surface area contributed by atoms with E-state index in [9.17, 15) is 4.79 Å². The predicted octanol–water partition coefficient (Wildman–Crippen LogP) is 7.33. The van der Waals surface area contributed by atoms with Gasteiger partial charge in [-0.2, -0.15) is 0 Å². The molecule has 3 heterocycles. The summed E-state index contributed by atoms with van der Waals surface area (Å²) in [4.78, 5) is 17.1. The molecule has 38 heavy (non-hydrogen) atoms. The number of ether oxygens (including phenoxy) is 3. The van der Waals surface area contributed by atoms with E-state index in [1.165, 1.54) is 6.07 Å². The fraction of sp³-hybridized carbons (Fsp3) is 0.533. The number of Topliss-reactive ketones (excluding diaryl/α,β-unsaturated/α-hetero) is 1. The van der Waals surface area contributed by atoms with Crippen LogP contribution in [0.3, 0.4) is 0 Å². The van der Waals surface area contributed by atoms with Crippen molar-refractivity contribution in [2.75, 3.05) is 19.8 Å². The molecule has 0 radical (unpaired) electrons. The number of carbonyl (C=O) groups excluding carboxylic acids is 1. The molecule has 0 N–H and O–H groups in total. The van der Waals surface area contributed by atoms with Crippen LogP contribution in [0.4, 0.5) is 4.39 Å². The van der Waals surface area contributed by atoms with Gasteiger partial charge in [0.15, 0.2) is 11.6 Å². The molecule has 1 aliphatic heterocycles. The number of aromatic nitrogens is 2. The first-order valence-corrected chi connectivity index (χ1v) is 17.3. The zero-order valence-electron chi connectivity index (χ0n) is 23.6. The lowest BCUT2D eigenvalue weighted by atomic mass is 9.82. The molecular formula is C30H41FN2O4Si. The number of hydrogen-bond acceptors (Lipinski definition) is 5. The normalized spacial score (nSPS) is 15.2. The lowest BCUT2D eigenvalue weighted by Crippen LogP contribution is -2.40. The lowest BCUT2D eigenvalue weighted by Gasteiger charge is -2.37. The molecule has 0 atom stereocenters. The molecular weight excluding hydrogens is 499 g/mol. The molecule has 0 unspecified atom stereocenters. The second kappa shape index (κ2) is 11.7. The summed E-state index contributed by atoms with van der Waals surface area (Å²) >= 11 is 0. The van der Waals surface area contributed by atoms with Gasteiger partial charge < -0.3 is 18.8 Å². The smallest absolute Gasteiger partial charge is 0.166 e. The molecule has 206 valence electrons. The van der Waals surface area contributed by atoms with Gasteiger partial charge in [0.2, 0.25) is 0 Å². The summed E-state index contributed by atoms with van der Waals surface area (Å²) in [6.45, 7) is 15.9. The molecule has 0 amide bonds. The summed E-state index contributed by atoms with van der Waals surface area (Å²) in [7, 11) is -1.17. The second-order valence-electron chi connectivity index (χ2n) is 12.5. The topological polar surface area (TPSA) is 62.6 Å². The average molecular weight is 541 g/mol. The summed E-state index contributed by atoms with van der Waals surface area (Å²) in [6.07, 6.45) is 5.23. The number of benzene rings is 1. The highest BCUT2D eigenvalue weighted by Crippen LogP contribution is 2.37. The van der Waals surface area contributed by atoms with Crippen LogP contribution in [0, 0.1) is 11.2 Å². The van der Waals surface area contributed by atoms with Crippen LogP contribution in [0.25, 0.3) is 11.0 Å². The Kier molecular flexibility index (Phi) is 8.74. The zero-order valence-corrected chi connectivity index (χ0v) is 24.6. The van der Waals surface area contributed by atoms with Crippen LogP contribution in [0.5, 0.6) is 11.5 Å². The maximum atomic E-state index is 15.1. The standard InChI is InChI=1S/C30H41FN2O4Si/c1-21(2)24-17-33(20-35-13-14-38(4,5)6)29-28(24)27(10-12-32-29)37-26-8-7-22(16-25(26)31)15-23(34)9-11-30(3)18-36-19-30/h7-8,10,12,16-17,21H,9,11,13-15,18-20H2,1-6H3. The van der Waals surface area contributed by atoms with Gasteiger partial charge in [-0.05, 0) is 47.7 Å². The quantitative estimate of drug-likeness (QED) is 0.168. The number of hydrogen-bond donors (Lipinski definition) is 0. The Bertz CT molecular complexity index is 1280. The van der Waals surface area contributed by atoms with Crippen molar-refractivity contribution < 1.29 is 23.4 Å². The lowest BCUT2D eigenvalue weighted by molar-refractivity contribution is -0.125. The number of carbonyl (C=O) groups is 1. The number of ketones is 1. The summed E-state index contributed by atoms with van der Waals surface area (Å²) in [5, 5.41) is 0.864. The number of rotatable bonds is 13. The average Bonchev–Trinajstić information content (AvgIpc) is 3.20. The summed E-state index contributed by atoms with van der Waals surface area (Å²) < 4.78 is 34.5. The molecule has 6 nitrogen and oxygen atoms in total. The number of fused-ring (bicyclic) bond motifs is 1. The molecule has 1 saturated heterocycles. The van der Waals surface area contributed by atoms with Gasteiger partial charge >= 0.3 is 0 Å². The van der Waals surface area contributed by atoms with Crippen LogP contribution in [0.15, 0.2) is 36.7 Å². The third kappa shape index (κ3) is 7.10. The first-order valence-electron chi connectivity index (χ1n) is 13.6. The van der Waals surface area contributed by atoms with Gasteiger partial charge in [-0.1, -0.05) is 46.5 Å². The zero-order chi connectivity index (χ0) is 27.5. The SMILES string of the molecule is CC(C)c1cn(COCC[Si](C)(C)C)c2nccc(Oc3ccc(CC(=O)CCC4(C)COC4)cc3F)c12. The van der Waals surface area contributed by atoms with E-state index in [0.29, 0.717) is 37.7 Å². The first-order chi connectivity index (χ1) is 17.9. The molecule has 0 spiro atoms. The van der Waals surface area contributed by atoms with Crippen LogP contribution in [0.2, 0.25) is 25.7 Å². The molecule has 8 heteroatoms. The third-order valence-electron chi connectivity index (χ3n) is 7.12. The van der Waals surface area contributed by atoms with E-state index in [4.69, 9.17) is 14.2 Å². The Labute approximate surface area is 226 Å². The monoisotopic (exact) mass is 540 g/mol. The van der Waals surface area contributed by atoms with Gasteiger partial charge in [-0.3, -0.25) is 4.79 Å². The molecule has 1 fully saturated rings. The van der Waals surface area contributed by atoms with E-state index < -0.39 is 13.9 Å². The summed E-state index contributed by atoms with van der Waals surface area (Å²) in [5.41, 5.74) is 2.58. The molecule has 1 aromatic carbocycles. The Morgan fingerprint density at radius 3 is 2.61 bits per heavy atom. The minimum Gasteiger partial charge on any atom is -0.453 e. The molecule has 0 bridgehead atoms. The summed E-state index contributed by atoms with van der Waals surface area (Å²) in [6, 6.07) is 7.65. The molecule has 0 saturated carbocycles. The van der Waals surface area contributed by atoms with Crippen molar-refractivity contribution >= 4 is 24.9 Å². The maximum Gasteiger partial charge on any atom is 0.166 e. The first kappa shape index (κ1) is 28.5. The van der Waals surface area contributed by atoms with E-state index in [1.54, 1.807) is 24.4 Å². The van der Waals surface area contributed by atoms with Crippen LogP contribution in [-0.4, -0.2) is 43.2 Å². The third-order valence-corrected chi connectivity index (χ3v) is 8.83. The Morgan fingerprint density at radius 1 is 1.21 bits per heavy atom. The molecule has 2 aromatic heterocycles. The van der Waals surface area contributed by atoms with Crippen LogP contribution in [0.1, 0.15) is 50.7 Å². The Hall–Kier alpha value is -2.55. The van der Waals surface area contributed by atoms with Crippen LogP contribution in [-0.2, 0) is 27.4 Å². The predicted molar refractivity (Wildman–Crippen MR) is 151 cm³/mol. The van der Waals surface area contributed by atoms with Gasteiger partial charge in [0.1, 0.15) is 23.9 Å². The fourth-order valence-electron chi connectivity index (χ4n) is 4.59. The number of halogens is 1. The van der Waals surface area contributed by atoms with E-state index in [0.717, 1.165) is 35.7 Å². The Balaban J connectivity index is 1.48. The minimum atomic E-state index is -1.17. The van der Waals surface area contributed by atoms with Crippen molar-refractivity contribution in [1.82, 2.24) is 9.55 Å².